The van der Waals surface area contributed by atoms with Gasteiger partial charge < -0.3 is 10.3 Å². The molecule has 1 aromatic heterocycles. The molecule has 0 amide bonds. The van der Waals surface area contributed by atoms with Crippen LogP contribution in [0.25, 0.3) is 0 Å². The first-order valence-electron chi connectivity index (χ1n) is 4.58. The first kappa shape index (κ1) is 13.8. The van der Waals surface area contributed by atoms with E-state index in [4.69, 9.17) is 0 Å². The number of nitrogens with zero attached hydrogens (tertiary/aromatic N) is 1. The van der Waals surface area contributed by atoms with E-state index in [9.17, 15) is 0 Å². The van der Waals surface area contributed by atoms with Crippen molar-refractivity contribution in [1.29, 1.82) is 0 Å². The van der Waals surface area contributed by atoms with Crippen molar-refractivity contribution in [2.75, 3.05) is 13.1 Å². The SMILES string of the molecule is Cc1ncc(C2CCCNC2)[nH]1.Cl.Cl. The van der Waals surface area contributed by atoms with E-state index in [1.54, 1.807) is 0 Å². The predicted octanol–water partition coefficient (Wildman–Crippen LogP) is 2.03. The molecule has 0 saturated carbocycles. The third-order valence-corrected chi connectivity index (χ3v) is 2.46. The Morgan fingerprint density at radius 2 is 2.21 bits per heavy atom. The maximum Gasteiger partial charge on any atom is 0.103 e. The Balaban J connectivity index is 0.000000845. The van der Waals surface area contributed by atoms with Crippen LogP contribution in [0, 0.1) is 6.92 Å². The summed E-state index contributed by atoms with van der Waals surface area (Å²) in [5.41, 5.74) is 1.29. The zero-order chi connectivity index (χ0) is 8.39. The monoisotopic (exact) mass is 237 g/mol. The summed E-state index contributed by atoms with van der Waals surface area (Å²) in [6.07, 6.45) is 4.53. The first-order valence-corrected chi connectivity index (χ1v) is 4.58. The molecule has 82 valence electrons. The summed E-state index contributed by atoms with van der Waals surface area (Å²) in [6, 6.07) is 0. The summed E-state index contributed by atoms with van der Waals surface area (Å²) in [6.45, 7) is 4.27. The summed E-state index contributed by atoms with van der Waals surface area (Å²) in [7, 11) is 0. The Morgan fingerprint density at radius 1 is 1.43 bits per heavy atom. The van der Waals surface area contributed by atoms with Crippen LogP contribution in [0.15, 0.2) is 6.20 Å². The fourth-order valence-corrected chi connectivity index (χ4v) is 1.76. The highest BCUT2D eigenvalue weighted by Crippen LogP contribution is 2.20. The third kappa shape index (κ3) is 3.15. The van der Waals surface area contributed by atoms with E-state index in [-0.39, 0.29) is 24.8 Å². The minimum atomic E-state index is 0. The number of rotatable bonds is 1. The zero-order valence-electron chi connectivity index (χ0n) is 8.25. The molecule has 3 nitrogen and oxygen atoms in total. The third-order valence-electron chi connectivity index (χ3n) is 2.46. The Kier molecular flexibility index (Phi) is 6.16. The van der Waals surface area contributed by atoms with Crippen molar-refractivity contribution in [3.63, 3.8) is 0 Å². The van der Waals surface area contributed by atoms with Gasteiger partial charge >= 0.3 is 0 Å². The summed E-state index contributed by atoms with van der Waals surface area (Å²) < 4.78 is 0. The van der Waals surface area contributed by atoms with Crippen LogP contribution in [-0.2, 0) is 0 Å². The lowest BCUT2D eigenvalue weighted by atomic mass is 9.97. The van der Waals surface area contributed by atoms with Crippen LogP contribution in [0.5, 0.6) is 0 Å². The molecule has 1 atom stereocenters. The molecule has 0 radical (unpaired) electrons. The van der Waals surface area contributed by atoms with Crippen LogP contribution in [0.2, 0.25) is 0 Å². The summed E-state index contributed by atoms with van der Waals surface area (Å²) >= 11 is 0. The predicted molar refractivity (Wildman–Crippen MR) is 62.7 cm³/mol. The molecule has 0 aromatic carbocycles. The number of imidazole rings is 1. The van der Waals surface area contributed by atoms with Crippen LogP contribution in [-0.4, -0.2) is 23.1 Å². The maximum absolute atomic E-state index is 4.21. The Hall–Kier alpha value is -0.250. The molecule has 2 N–H and O–H groups in total. The minimum Gasteiger partial charge on any atom is -0.346 e. The van der Waals surface area contributed by atoms with E-state index in [1.807, 2.05) is 13.1 Å². The molecule has 1 unspecified atom stereocenters. The van der Waals surface area contributed by atoms with Gasteiger partial charge in [-0.25, -0.2) is 4.98 Å². The van der Waals surface area contributed by atoms with E-state index in [0.717, 1.165) is 12.4 Å². The maximum atomic E-state index is 4.21. The van der Waals surface area contributed by atoms with Crippen LogP contribution in [0.1, 0.15) is 30.3 Å². The molecule has 2 heterocycles. The Labute approximate surface area is 96.9 Å². The number of hydrogen-bond donors (Lipinski definition) is 2. The van der Waals surface area contributed by atoms with Gasteiger partial charge in [-0.1, -0.05) is 0 Å². The Bertz CT molecular complexity index is 256. The molecule has 1 saturated heterocycles. The van der Waals surface area contributed by atoms with Gasteiger partial charge in [-0.3, -0.25) is 0 Å². The zero-order valence-corrected chi connectivity index (χ0v) is 9.88. The molecule has 1 aliphatic rings. The van der Waals surface area contributed by atoms with Gasteiger partial charge in [-0.15, -0.1) is 24.8 Å². The van der Waals surface area contributed by atoms with Gasteiger partial charge in [-0.05, 0) is 26.3 Å². The molecule has 5 heteroatoms. The second-order valence-electron chi connectivity index (χ2n) is 3.47. The minimum absolute atomic E-state index is 0. The number of piperidine rings is 1. The lowest BCUT2D eigenvalue weighted by molar-refractivity contribution is 0.455. The van der Waals surface area contributed by atoms with E-state index in [0.29, 0.717) is 5.92 Å². The quantitative estimate of drug-likeness (QED) is 0.785. The molecule has 1 fully saturated rings. The summed E-state index contributed by atoms with van der Waals surface area (Å²) in [5, 5.41) is 3.39. The highest BCUT2D eigenvalue weighted by atomic mass is 35.5. The first-order chi connectivity index (χ1) is 5.86. The average molecular weight is 238 g/mol. The van der Waals surface area contributed by atoms with Gasteiger partial charge in [0.15, 0.2) is 0 Å². The smallest absolute Gasteiger partial charge is 0.103 e. The average Bonchev–Trinajstić information content (AvgIpc) is 2.54. The molecule has 0 bridgehead atoms. The van der Waals surface area contributed by atoms with Gasteiger partial charge in [0, 0.05) is 24.4 Å². The van der Waals surface area contributed by atoms with Crippen molar-refractivity contribution in [3.8, 4) is 0 Å². The standard InChI is InChI=1S/C9H15N3.2ClH/c1-7-11-6-9(12-7)8-3-2-4-10-5-8;;/h6,8,10H,2-5H2,1H3,(H,11,12);2*1H. The molecule has 1 aromatic rings. The Morgan fingerprint density at radius 3 is 2.71 bits per heavy atom. The second kappa shape index (κ2) is 6.27. The lowest BCUT2D eigenvalue weighted by Gasteiger charge is -2.21. The molecular formula is C9H17Cl2N3. The van der Waals surface area contributed by atoms with Gasteiger partial charge in [0.1, 0.15) is 5.82 Å². The van der Waals surface area contributed by atoms with E-state index >= 15 is 0 Å². The molecule has 0 spiro atoms. The molecule has 0 aliphatic carbocycles. The molecule has 2 rings (SSSR count). The fourth-order valence-electron chi connectivity index (χ4n) is 1.76. The van der Waals surface area contributed by atoms with Crippen molar-refractivity contribution in [2.24, 2.45) is 0 Å². The van der Waals surface area contributed by atoms with Gasteiger partial charge in [0.25, 0.3) is 0 Å². The van der Waals surface area contributed by atoms with E-state index < -0.39 is 0 Å². The number of aromatic nitrogens is 2. The number of halogens is 2. The van der Waals surface area contributed by atoms with E-state index in [2.05, 4.69) is 15.3 Å². The lowest BCUT2D eigenvalue weighted by Crippen LogP contribution is -2.28. The summed E-state index contributed by atoms with van der Waals surface area (Å²) in [4.78, 5) is 7.50. The second-order valence-corrected chi connectivity index (χ2v) is 3.47. The normalized spacial score (nSPS) is 20.8. The van der Waals surface area contributed by atoms with Gasteiger partial charge in [-0.2, -0.15) is 0 Å². The van der Waals surface area contributed by atoms with E-state index in [1.165, 1.54) is 25.1 Å². The van der Waals surface area contributed by atoms with Crippen LogP contribution in [0.4, 0.5) is 0 Å². The number of H-pyrrole nitrogens is 1. The topological polar surface area (TPSA) is 40.7 Å². The highest BCUT2D eigenvalue weighted by Gasteiger charge is 2.16. The number of aromatic amines is 1. The summed E-state index contributed by atoms with van der Waals surface area (Å²) in [5.74, 6) is 1.68. The van der Waals surface area contributed by atoms with Crippen molar-refractivity contribution in [1.82, 2.24) is 15.3 Å². The van der Waals surface area contributed by atoms with Crippen molar-refractivity contribution in [3.05, 3.63) is 17.7 Å². The number of hydrogen-bond acceptors (Lipinski definition) is 2. The van der Waals surface area contributed by atoms with Crippen LogP contribution >= 0.6 is 24.8 Å². The molecule has 14 heavy (non-hydrogen) atoms. The largest absolute Gasteiger partial charge is 0.346 e. The van der Waals surface area contributed by atoms with Gasteiger partial charge in [0.2, 0.25) is 0 Å². The molecule has 1 aliphatic heterocycles. The fraction of sp³-hybridized carbons (Fsp3) is 0.667. The van der Waals surface area contributed by atoms with Gasteiger partial charge in [0.05, 0.1) is 0 Å². The number of aryl methyl sites for hydroxylation is 1. The van der Waals surface area contributed by atoms with Crippen molar-refractivity contribution in [2.45, 2.75) is 25.7 Å². The van der Waals surface area contributed by atoms with Crippen LogP contribution < -0.4 is 5.32 Å². The van der Waals surface area contributed by atoms with Crippen LogP contribution in [0.3, 0.4) is 0 Å². The number of nitrogens with one attached hydrogen (secondary N) is 2. The van der Waals surface area contributed by atoms with Crippen molar-refractivity contribution < 1.29 is 0 Å². The van der Waals surface area contributed by atoms with Crippen molar-refractivity contribution >= 4 is 24.8 Å². The molecular weight excluding hydrogens is 221 g/mol. The highest BCUT2D eigenvalue weighted by molar-refractivity contribution is 5.85.